The van der Waals surface area contributed by atoms with E-state index in [1.807, 2.05) is 13.8 Å². The minimum absolute atomic E-state index is 0.0783. The summed E-state index contributed by atoms with van der Waals surface area (Å²) >= 11 is 0. The summed E-state index contributed by atoms with van der Waals surface area (Å²) < 4.78 is 0. The summed E-state index contributed by atoms with van der Waals surface area (Å²) in [5.41, 5.74) is -0.545. The number of carbonyl (C=O) groups is 1. The fourth-order valence-electron chi connectivity index (χ4n) is 1.63. The van der Waals surface area contributed by atoms with Crippen molar-refractivity contribution in [2.45, 2.75) is 71.9 Å². The van der Waals surface area contributed by atoms with Gasteiger partial charge in [0.2, 0.25) is 5.91 Å². The molecule has 1 atom stereocenters. The molecule has 0 aromatic rings. The Morgan fingerprint density at radius 2 is 1.69 bits per heavy atom. The van der Waals surface area contributed by atoms with Gasteiger partial charge in [0, 0.05) is 5.92 Å². The van der Waals surface area contributed by atoms with E-state index in [9.17, 15) is 9.90 Å². The third kappa shape index (κ3) is 4.97. The van der Waals surface area contributed by atoms with Crippen LogP contribution in [0.3, 0.4) is 0 Å². The first-order chi connectivity index (χ1) is 7.35. The van der Waals surface area contributed by atoms with Crippen LogP contribution in [0, 0.1) is 5.92 Å². The Kier molecular flexibility index (Phi) is 6.65. The first-order valence-electron chi connectivity index (χ1n) is 6.35. The Morgan fingerprint density at radius 3 is 2.00 bits per heavy atom. The molecule has 0 spiro atoms. The molecule has 0 aromatic carbocycles. The van der Waals surface area contributed by atoms with Gasteiger partial charge in [0.15, 0.2) is 0 Å². The maximum Gasteiger partial charge on any atom is 0.223 e. The number of rotatable bonds is 7. The zero-order valence-corrected chi connectivity index (χ0v) is 11.3. The third-order valence-electron chi connectivity index (χ3n) is 3.13. The molecule has 3 heteroatoms. The Morgan fingerprint density at radius 1 is 1.25 bits per heavy atom. The molecule has 0 bridgehead atoms. The molecule has 0 saturated heterocycles. The standard InChI is InChI=1S/C13H27NO2/c1-6-8-11(9-7-2)12(16)14-13(4,5)10(3)15/h10-11,15H,6-9H2,1-5H3,(H,14,16). The van der Waals surface area contributed by atoms with Gasteiger partial charge >= 0.3 is 0 Å². The van der Waals surface area contributed by atoms with Crippen LogP contribution in [0.5, 0.6) is 0 Å². The average molecular weight is 229 g/mol. The molecule has 0 aliphatic heterocycles. The van der Waals surface area contributed by atoms with Gasteiger partial charge in [0.05, 0.1) is 11.6 Å². The molecule has 0 fully saturated rings. The van der Waals surface area contributed by atoms with Crippen LogP contribution < -0.4 is 5.32 Å². The van der Waals surface area contributed by atoms with Crippen molar-refractivity contribution in [3.63, 3.8) is 0 Å². The summed E-state index contributed by atoms with van der Waals surface area (Å²) in [6.45, 7) is 9.59. The van der Waals surface area contributed by atoms with Gasteiger partial charge in [-0.3, -0.25) is 4.79 Å². The molecule has 0 aliphatic carbocycles. The Balaban J connectivity index is 4.40. The largest absolute Gasteiger partial charge is 0.391 e. The SMILES string of the molecule is CCCC(CCC)C(=O)NC(C)(C)C(C)O. The van der Waals surface area contributed by atoms with Crippen molar-refractivity contribution >= 4 is 5.91 Å². The van der Waals surface area contributed by atoms with Gasteiger partial charge in [-0.25, -0.2) is 0 Å². The van der Waals surface area contributed by atoms with Crippen LogP contribution in [-0.2, 0) is 4.79 Å². The number of aliphatic hydroxyl groups excluding tert-OH is 1. The summed E-state index contributed by atoms with van der Waals surface area (Å²) in [4.78, 5) is 12.0. The van der Waals surface area contributed by atoms with Gasteiger partial charge < -0.3 is 10.4 Å². The van der Waals surface area contributed by atoms with Gasteiger partial charge in [-0.1, -0.05) is 26.7 Å². The van der Waals surface area contributed by atoms with Crippen molar-refractivity contribution in [1.29, 1.82) is 0 Å². The van der Waals surface area contributed by atoms with Gasteiger partial charge in [-0.2, -0.15) is 0 Å². The molecule has 1 unspecified atom stereocenters. The normalized spacial score (nSPS) is 13.9. The predicted molar refractivity (Wildman–Crippen MR) is 67.2 cm³/mol. The summed E-state index contributed by atoms with van der Waals surface area (Å²) in [7, 11) is 0. The molecule has 2 N–H and O–H groups in total. The molecule has 16 heavy (non-hydrogen) atoms. The summed E-state index contributed by atoms with van der Waals surface area (Å²) in [5, 5.41) is 12.5. The topological polar surface area (TPSA) is 49.3 Å². The van der Waals surface area contributed by atoms with Gasteiger partial charge in [-0.15, -0.1) is 0 Å². The molecule has 0 saturated carbocycles. The second kappa shape index (κ2) is 6.89. The highest BCUT2D eigenvalue weighted by atomic mass is 16.3. The quantitative estimate of drug-likeness (QED) is 0.704. The van der Waals surface area contributed by atoms with E-state index in [-0.39, 0.29) is 11.8 Å². The fourth-order valence-corrected chi connectivity index (χ4v) is 1.63. The molecule has 0 heterocycles. The number of amides is 1. The Bertz CT molecular complexity index is 206. The summed E-state index contributed by atoms with van der Waals surface area (Å²) in [6.07, 6.45) is 3.35. The van der Waals surface area contributed by atoms with E-state index < -0.39 is 11.6 Å². The van der Waals surface area contributed by atoms with E-state index in [0.29, 0.717) is 0 Å². The monoisotopic (exact) mass is 229 g/mol. The summed E-state index contributed by atoms with van der Waals surface area (Å²) in [6, 6.07) is 0. The molecular formula is C13H27NO2. The third-order valence-corrected chi connectivity index (χ3v) is 3.13. The van der Waals surface area contributed by atoms with Crippen molar-refractivity contribution in [2.24, 2.45) is 5.92 Å². The van der Waals surface area contributed by atoms with Gasteiger partial charge in [0.25, 0.3) is 0 Å². The highest BCUT2D eigenvalue weighted by molar-refractivity contribution is 5.79. The molecule has 3 nitrogen and oxygen atoms in total. The molecule has 0 aromatic heterocycles. The van der Waals surface area contributed by atoms with Crippen LogP contribution in [0.25, 0.3) is 0 Å². The van der Waals surface area contributed by atoms with Gasteiger partial charge in [-0.05, 0) is 33.6 Å². The lowest BCUT2D eigenvalue weighted by molar-refractivity contribution is -0.128. The summed E-state index contributed by atoms with van der Waals surface area (Å²) in [5.74, 6) is 0.169. The van der Waals surface area contributed by atoms with Crippen molar-refractivity contribution < 1.29 is 9.90 Å². The van der Waals surface area contributed by atoms with Crippen LogP contribution in [0.4, 0.5) is 0 Å². The molecule has 0 radical (unpaired) electrons. The average Bonchev–Trinajstić information content (AvgIpc) is 2.16. The number of hydrogen-bond donors (Lipinski definition) is 2. The predicted octanol–water partition coefficient (Wildman–Crippen LogP) is 2.48. The lowest BCUT2D eigenvalue weighted by Crippen LogP contribution is -2.52. The lowest BCUT2D eigenvalue weighted by atomic mass is 9.93. The Labute approximate surface area is 99.6 Å². The van der Waals surface area contributed by atoms with Crippen LogP contribution >= 0.6 is 0 Å². The Hall–Kier alpha value is -0.570. The highest BCUT2D eigenvalue weighted by Crippen LogP contribution is 2.16. The maximum absolute atomic E-state index is 12.0. The van der Waals surface area contributed by atoms with Crippen LogP contribution in [-0.4, -0.2) is 22.7 Å². The first-order valence-corrected chi connectivity index (χ1v) is 6.35. The minimum Gasteiger partial charge on any atom is -0.391 e. The van der Waals surface area contributed by atoms with Crippen LogP contribution in [0.1, 0.15) is 60.3 Å². The highest BCUT2D eigenvalue weighted by Gasteiger charge is 2.28. The van der Waals surface area contributed by atoms with E-state index >= 15 is 0 Å². The van der Waals surface area contributed by atoms with Crippen molar-refractivity contribution in [3.8, 4) is 0 Å². The van der Waals surface area contributed by atoms with Crippen molar-refractivity contribution in [2.75, 3.05) is 0 Å². The van der Waals surface area contributed by atoms with E-state index in [1.54, 1.807) is 6.92 Å². The molecule has 96 valence electrons. The zero-order chi connectivity index (χ0) is 12.8. The number of aliphatic hydroxyl groups is 1. The lowest BCUT2D eigenvalue weighted by Gasteiger charge is -2.31. The second-order valence-electron chi connectivity index (χ2n) is 5.16. The molecular weight excluding hydrogens is 202 g/mol. The number of hydrogen-bond acceptors (Lipinski definition) is 2. The van der Waals surface area contributed by atoms with Crippen molar-refractivity contribution in [3.05, 3.63) is 0 Å². The van der Waals surface area contributed by atoms with Crippen LogP contribution in [0.15, 0.2) is 0 Å². The van der Waals surface area contributed by atoms with Gasteiger partial charge in [0.1, 0.15) is 0 Å². The first kappa shape index (κ1) is 15.4. The number of carbonyl (C=O) groups excluding carboxylic acids is 1. The van der Waals surface area contributed by atoms with E-state index in [1.165, 1.54) is 0 Å². The minimum atomic E-state index is -0.545. The smallest absolute Gasteiger partial charge is 0.223 e. The number of nitrogens with one attached hydrogen (secondary N) is 1. The maximum atomic E-state index is 12.0. The van der Waals surface area contributed by atoms with E-state index in [2.05, 4.69) is 19.2 Å². The zero-order valence-electron chi connectivity index (χ0n) is 11.3. The van der Waals surface area contributed by atoms with Crippen LogP contribution in [0.2, 0.25) is 0 Å². The second-order valence-corrected chi connectivity index (χ2v) is 5.16. The molecule has 0 aliphatic rings. The van der Waals surface area contributed by atoms with E-state index in [4.69, 9.17) is 0 Å². The fraction of sp³-hybridized carbons (Fsp3) is 0.923. The van der Waals surface area contributed by atoms with E-state index in [0.717, 1.165) is 25.7 Å². The molecule has 0 rings (SSSR count). The van der Waals surface area contributed by atoms with Crippen molar-refractivity contribution in [1.82, 2.24) is 5.32 Å². The molecule has 1 amide bonds.